The second-order valence-electron chi connectivity index (χ2n) is 6.59. The van der Waals surface area contributed by atoms with E-state index < -0.39 is 6.04 Å². The van der Waals surface area contributed by atoms with Gasteiger partial charge in [0.05, 0.1) is 15.8 Å². The van der Waals surface area contributed by atoms with Crippen LogP contribution in [0.1, 0.15) is 37.9 Å². The first kappa shape index (κ1) is 16.3. The van der Waals surface area contributed by atoms with Crippen LogP contribution in [0.4, 0.5) is 0 Å². The van der Waals surface area contributed by atoms with Gasteiger partial charge in [-0.15, -0.1) is 11.3 Å². The molecule has 1 fully saturated rings. The Labute approximate surface area is 149 Å². The standard InChI is InChI=1S/C19H21N3O2S/c1-3-14(18(23)21-10-6-7-11-21)22-19(24)16-13-8-4-5-9-15(13)25-17(16)12(2)20-22/h4-5,8-9,14H,3,6-7,10-11H2,1-2H3. The molecule has 1 aliphatic heterocycles. The minimum atomic E-state index is -0.521. The molecule has 0 spiro atoms. The number of carbonyl (C=O) groups excluding carboxylic acids is 1. The van der Waals surface area contributed by atoms with Gasteiger partial charge in [-0.05, 0) is 32.3 Å². The molecule has 25 heavy (non-hydrogen) atoms. The van der Waals surface area contributed by atoms with E-state index in [1.807, 2.05) is 43.0 Å². The largest absolute Gasteiger partial charge is 0.341 e. The van der Waals surface area contributed by atoms with Crippen molar-refractivity contribution < 1.29 is 4.79 Å². The molecule has 6 heteroatoms. The summed E-state index contributed by atoms with van der Waals surface area (Å²) in [7, 11) is 0. The fraction of sp³-hybridized carbons (Fsp3) is 0.421. The number of thiophene rings is 1. The van der Waals surface area contributed by atoms with Crippen LogP contribution in [0.2, 0.25) is 0 Å². The SMILES string of the molecule is CCC(C(=O)N1CCCC1)n1nc(C)c2sc3ccccc3c2c1=O. The van der Waals surface area contributed by atoms with Gasteiger partial charge < -0.3 is 4.90 Å². The lowest BCUT2D eigenvalue weighted by molar-refractivity contribution is -0.134. The molecule has 3 heterocycles. The number of hydrogen-bond acceptors (Lipinski definition) is 4. The van der Waals surface area contributed by atoms with Crippen LogP contribution in [-0.2, 0) is 4.79 Å². The van der Waals surface area contributed by atoms with Crippen LogP contribution in [0.25, 0.3) is 20.2 Å². The minimum Gasteiger partial charge on any atom is -0.341 e. The van der Waals surface area contributed by atoms with Gasteiger partial charge in [0.2, 0.25) is 5.91 Å². The molecule has 1 atom stereocenters. The summed E-state index contributed by atoms with van der Waals surface area (Å²) >= 11 is 1.59. The first-order valence-electron chi connectivity index (χ1n) is 8.81. The maximum absolute atomic E-state index is 13.2. The van der Waals surface area contributed by atoms with Gasteiger partial charge >= 0.3 is 0 Å². The molecule has 5 nitrogen and oxygen atoms in total. The van der Waals surface area contributed by atoms with Gasteiger partial charge in [-0.25, -0.2) is 4.68 Å². The van der Waals surface area contributed by atoms with Crippen molar-refractivity contribution in [3.63, 3.8) is 0 Å². The second kappa shape index (κ2) is 6.26. The third-order valence-electron chi connectivity index (χ3n) is 4.99. The van der Waals surface area contributed by atoms with Crippen molar-refractivity contribution in [2.75, 3.05) is 13.1 Å². The molecule has 0 aliphatic carbocycles. The Morgan fingerprint density at radius 1 is 1.28 bits per heavy atom. The number of hydrogen-bond donors (Lipinski definition) is 0. The molecule has 0 N–H and O–H groups in total. The summed E-state index contributed by atoms with van der Waals surface area (Å²) in [6.07, 6.45) is 2.64. The van der Waals surface area contributed by atoms with Crippen molar-refractivity contribution in [2.45, 2.75) is 39.2 Å². The summed E-state index contributed by atoms with van der Waals surface area (Å²) in [5, 5.41) is 6.18. The quantitative estimate of drug-likeness (QED) is 0.723. The van der Waals surface area contributed by atoms with E-state index in [0.29, 0.717) is 11.8 Å². The van der Waals surface area contributed by atoms with E-state index in [4.69, 9.17) is 0 Å². The highest BCUT2D eigenvalue weighted by molar-refractivity contribution is 7.26. The summed E-state index contributed by atoms with van der Waals surface area (Å²) in [5.41, 5.74) is 0.654. The van der Waals surface area contributed by atoms with Gasteiger partial charge in [0.15, 0.2) is 0 Å². The van der Waals surface area contributed by atoms with E-state index in [9.17, 15) is 9.59 Å². The van der Waals surface area contributed by atoms with Crippen LogP contribution in [0.5, 0.6) is 0 Å². The lowest BCUT2D eigenvalue weighted by atomic mass is 10.1. The Hall–Kier alpha value is -2.21. The smallest absolute Gasteiger partial charge is 0.276 e. The number of nitrogens with zero attached hydrogens (tertiary/aromatic N) is 3. The van der Waals surface area contributed by atoms with Crippen LogP contribution in [0, 0.1) is 6.92 Å². The zero-order valence-corrected chi connectivity index (χ0v) is 15.3. The van der Waals surface area contributed by atoms with E-state index in [1.165, 1.54) is 4.68 Å². The summed E-state index contributed by atoms with van der Waals surface area (Å²) in [5.74, 6) is 0.0212. The first-order chi connectivity index (χ1) is 12.1. The van der Waals surface area contributed by atoms with Gasteiger partial charge in [0.25, 0.3) is 5.56 Å². The number of aromatic nitrogens is 2. The van der Waals surface area contributed by atoms with Gasteiger partial charge in [-0.3, -0.25) is 9.59 Å². The molecule has 4 rings (SSSR count). The summed E-state index contributed by atoms with van der Waals surface area (Å²) in [6, 6.07) is 7.40. The normalized spacial score (nSPS) is 16.0. The van der Waals surface area contributed by atoms with Crippen molar-refractivity contribution in [3.05, 3.63) is 40.3 Å². The highest BCUT2D eigenvalue weighted by Gasteiger charge is 2.29. The van der Waals surface area contributed by atoms with E-state index in [-0.39, 0.29) is 11.5 Å². The molecule has 130 valence electrons. The number of benzene rings is 1. The molecule has 1 saturated heterocycles. The van der Waals surface area contributed by atoms with Crippen LogP contribution < -0.4 is 5.56 Å². The zero-order valence-electron chi connectivity index (χ0n) is 14.5. The Bertz CT molecular complexity index is 1010. The second-order valence-corrected chi connectivity index (χ2v) is 7.65. The van der Waals surface area contributed by atoms with Gasteiger partial charge in [-0.1, -0.05) is 25.1 Å². The van der Waals surface area contributed by atoms with Gasteiger partial charge in [0.1, 0.15) is 6.04 Å². The van der Waals surface area contributed by atoms with E-state index in [1.54, 1.807) is 11.3 Å². The monoisotopic (exact) mass is 355 g/mol. The highest BCUT2D eigenvalue weighted by Crippen LogP contribution is 2.33. The molecule has 1 aromatic carbocycles. The van der Waals surface area contributed by atoms with E-state index >= 15 is 0 Å². The molecule has 2 aromatic heterocycles. The molecule has 0 saturated carbocycles. The Kier molecular flexibility index (Phi) is 4.07. The third kappa shape index (κ3) is 2.56. The topological polar surface area (TPSA) is 55.2 Å². The molecule has 0 bridgehead atoms. The summed E-state index contributed by atoms with van der Waals surface area (Å²) < 4.78 is 3.43. The predicted octanol–water partition coefficient (Wildman–Crippen LogP) is 3.49. The molecule has 1 aliphatic rings. The highest BCUT2D eigenvalue weighted by atomic mass is 32.1. The molecule has 1 amide bonds. The van der Waals surface area contributed by atoms with Crippen LogP contribution in [-0.4, -0.2) is 33.7 Å². The van der Waals surface area contributed by atoms with Crippen LogP contribution >= 0.6 is 11.3 Å². The van der Waals surface area contributed by atoms with E-state index in [0.717, 1.165) is 46.4 Å². The summed E-state index contributed by atoms with van der Waals surface area (Å²) in [6.45, 7) is 5.43. The number of amides is 1. The fourth-order valence-corrected chi connectivity index (χ4v) is 4.83. The van der Waals surface area contributed by atoms with Crippen molar-refractivity contribution in [1.82, 2.24) is 14.7 Å². The number of fused-ring (bicyclic) bond motifs is 3. The maximum Gasteiger partial charge on any atom is 0.276 e. The van der Waals surface area contributed by atoms with Crippen LogP contribution in [0.15, 0.2) is 29.1 Å². The Balaban J connectivity index is 1.91. The van der Waals surface area contributed by atoms with Gasteiger partial charge in [0, 0.05) is 23.2 Å². The minimum absolute atomic E-state index is 0.0212. The van der Waals surface area contributed by atoms with Crippen molar-refractivity contribution in [3.8, 4) is 0 Å². The van der Waals surface area contributed by atoms with Crippen molar-refractivity contribution >= 4 is 37.4 Å². The van der Waals surface area contributed by atoms with E-state index in [2.05, 4.69) is 5.10 Å². The lowest BCUT2D eigenvalue weighted by Crippen LogP contribution is -2.40. The maximum atomic E-state index is 13.2. The number of aryl methyl sites for hydroxylation is 1. The fourth-order valence-electron chi connectivity index (χ4n) is 3.69. The van der Waals surface area contributed by atoms with Crippen molar-refractivity contribution in [1.29, 1.82) is 0 Å². The Morgan fingerprint density at radius 3 is 2.72 bits per heavy atom. The van der Waals surface area contributed by atoms with Crippen LogP contribution in [0.3, 0.4) is 0 Å². The molecule has 3 aromatic rings. The number of likely N-dealkylation sites (tertiary alicyclic amines) is 1. The number of rotatable bonds is 3. The first-order valence-corrected chi connectivity index (χ1v) is 9.63. The van der Waals surface area contributed by atoms with Crippen molar-refractivity contribution in [2.24, 2.45) is 0 Å². The van der Waals surface area contributed by atoms with Gasteiger partial charge in [-0.2, -0.15) is 5.10 Å². The lowest BCUT2D eigenvalue weighted by Gasteiger charge is -2.23. The average molecular weight is 355 g/mol. The average Bonchev–Trinajstić information content (AvgIpc) is 3.27. The predicted molar refractivity (Wildman–Crippen MR) is 101 cm³/mol. The third-order valence-corrected chi connectivity index (χ3v) is 6.27. The molecule has 0 radical (unpaired) electrons. The summed E-state index contributed by atoms with van der Waals surface area (Å²) in [4.78, 5) is 28.0. The Morgan fingerprint density at radius 2 is 2.00 bits per heavy atom. The molecule has 1 unspecified atom stereocenters. The number of carbonyl (C=O) groups is 1. The zero-order chi connectivity index (χ0) is 17.6. The molecular formula is C19H21N3O2S. The molecular weight excluding hydrogens is 334 g/mol.